The molecular weight excluding hydrogens is 286 g/mol. The lowest BCUT2D eigenvalue weighted by molar-refractivity contribution is 0.128. The molecule has 1 fully saturated rings. The summed E-state index contributed by atoms with van der Waals surface area (Å²) in [6.07, 6.45) is 1.25. The predicted molar refractivity (Wildman–Crippen MR) is 97.9 cm³/mol. The van der Waals surface area contributed by atoms with Crippen molar-refractivity contribution in [1.29, 1.82) is 0 Å². The van der Waals surface area contributed by atoms with Gasteiger partial charge in [-0.1, -0.05) is 51.1 Å². The van der Waals surface area contributed by atoms with Crippen molar-refractivity contribution in [2.45, 2.75) is 51.2 Å². The number of nitrogens with zero attached hydrogens (tertiary/aromatic N) is 1. The van der Waals surface area contributed by atoms with Gasteiger partial charge in [0.15, 0.2) is 8.32 Å². The molecule has 1 saturated heterocycles. The average molecular weight is 320 g/mol. The van der Waals surface area contributed by atoms with E-state index in [1.54, 1.807) is 0 Å². The Bertz CT molecular complexity index is 466. The van der Waals surface area contributed by atoms with Crippen molar-refractivity contribution in [2.24, 2.45) is 5.92 Å². The summed E-state index contributed by atoms with van der Waals surface area (Å²) in [7, 11) is 0.614. The molecule has 1 aliphatic heterocycles. The molecule has 2 nitrogen and oxygen atoms in total. The van der Waals surface area contributed by atoms with E-state index < -0.39 is 8.32 Å². The summed E-state index contributed by atoms with van der Waals surface area (Å²) >= 11 is 0. The maximum Gasteiger partial charge on any atom is 0.191 e. The second-order valence-corrected chi connectivity index (χ2v) is 13.3. The minimum atomic E-state index is -1.63. The fraction of sp³-hybridized carbons (Fsp3) is 0.684. The highest BCUT2D eigenvalue weighted by Gasteiger charge is 2.38. The standard InChI is InChI=1S/C19H33NOSi/c1-19(2,3)22(5,6)21-15-16-12-18(14-20(4)13-16)17-10-8-7-9-11-17/h7-11,16,18H,12-15H2,1-6H3/t16-,18+/m1/s1. The van der Waals surface area contributed by atoms with Crippen LogP contribution in [-0.4, -0.2) is 40.0 Å². The molecule has 1 aromatic carbocycles. The molecule has 22 heavy (non-hydrogen) atoms. The van der Waals surface area contributed by atoms with Gasteiger partial charge in [-0.25, -0.2) is 0 Å². The highest BCUT2D eigenvalue weighted by molar-refractivity contribution is 6.74. The van der Waals surface area contributed by atoms with Gasteiger partial charge >= 0.3 is 0 Å². The molecule has 1 aliphatic rings. The summed E-state index contributed by atoms with van der Waals surface area (Å²) in [4.78, 5) is 2.47. The third kappa shape index (κ3) is 4.43. The Balaban J connectivity index is 1.97. The zero-order valence-corrected chi connectivity index (χ0v) is 16.2. The van der Waals surface area contributed by atoms with Crippen LogP contribution in [0.2, 0.25) is 18.1 Å². The Labute approximate surface area is 138 Å². The number of hydrogen-bond acceptors (Lipinski definition) is 2. The fourth-order valence-electron chi connectivity index (χ4n) is 3.07. The van der Waals surface area contributed by atoms with Crippen LogP contribution < -0.4 is 0 Å². The van der Waals surface area contributed by atoms with E-state index in [0.717, 1.165) is 13.2 Å². The van der Waals surface area contributed by atoms with Gasteiger partial charge in [0, 0.05) is 19.7 Å². The van der Waals surface area contributed by atoms with Gasteiger partial charge in [0.25, 0.3) is 0 Å². The minimum absolute atomic E-state index is 0.298. The average Bonchev–Trinajstić information content (AvgIpc) is 2.44. The van der Waals surface area contributed by atoms with E-state index in [-0.39, 0.29) is 0 Å². The second-order valence-electron chi connectivity index (χ2n) is 8.50. The molecule has 0 amide bonds. The van der Waals surface area contributed by atoms with E-state index in [1.165, 1.54) is 18.5 Å². The van der Waals surface area contributed by atoms with Crippen molar-refractivity contribution in [3.8, 4) is 0 Å². The Morgan fingerprint density at radius 2 is 1.77 bits per heavy atom. The molecule has 0 spiro atoms. The van der Waals surface area contributed by atoms with Crippen LogP contribution in [0.1, 0.15) is 38.7 Å². The summed E-state index contributed by atoms with van der Waals surface area (Å²) in [5, 5.41) is 0.298. The zero-order chi connectivity index (χ0) is 16.4. The third-order valence-electron chi connectivity index (χ3n) is 5.48. The molecule has 0 bridgehead atoms. The van der Waals surface area contributed by atoms with Crippen LogP contribution in [0, 0.1) is 5.92 Å². The topological polar surface area (TPSA) is 12.5 Å². The number of likely N-dealkylation sites (N-methyl/N-ethyl adjacent to an activating group) is 1. The largest absolute Gasteiger partial charge is 0.416 e. The molecule has 2 atom stereocenters. The quantitative estimate of drug-likeness (QED) is 0.743. The van der Waals surface area contributed by atoms with Crippen molar-refractivity contribution in [2.75, 3.05) is 26.7 Å². The maximum atomic E-state index is 6.48. The highest BCUT2D eigenvalue weighted by Crippen LogP contribution is 2.38. The van der Waals surface area contributed by atoms with Crippen LogP contribution in [0.5, 0.6) is 0 Å². The number of piperidine rings is 1. The van der Waals surface area contributed by atoms with Gasteiger partial charge < -0.3 is 9.33 Å². The van der Waals surface area contributed by atoms with Gasteiger partial charge in [-0.3, -0.25) is 0 Å². The first-order valence-electron chi connectivity index (χ1n) is 8.56. The molecule has 0 N–H and O–H groups in total. The van der Waals surface area contributed by atoms with Crippen molar-refractivity contribution in [3.63, 3.8) is 0 Å². The summed E-state index contributed by atoms with van der Waals surface area (Å²) in [5.74, 6) is 1.30. The lowest BCUT2D eigenvalue weighted by atomic mass is 9.85. The zero-order valence-electron chi connectivity index (χ0n) is 15.2. The summed E-state index contributed by atoms with van der Waals surface area (Å²) in [6, 6.07) is 11.0. The molecule has 0 aliphatic carbocycles. The Hall–Kier alpha value is -0.643. The molecular formula is C19H33NOSi. The number of likely N-dealkylation sites (tertiary alicyclic amines) is 1. The summed E-state index contributed by atoms with van der Waals surface area (Å²) < 4.78 is 6.48. The molecule has 1 heterocycles. The molecule has 0 radical (unpaired) electrons. The smallest absolute Gasteiger partial charge is 0.191 e. The van der Waals surface area contributed by atoms with Gasteiger partial charge in [-0.15, -0.1) is 0 Å². The Morgan fingerprint density at radius 3 is 2.36 bits per heavy atom. The van der Waals surface area contributed by atoms with E-state index in [4.69, 9.17) is 4.43 Å². The third-order valence-corrected chi connectivity index (χ3v) is 9.98. The number of rotatable bonds is 4. The molecule has 124 valence electrons. The van der Waals surface area contributed by atoms with Crippen molar-refractivity contribution in [3.05, 3.63) is 35.9 Å². The first kappa shape index (κ1) is 17.7. The monoisotopic (exact) mass is 319 g/mol. The van der Waals surface area contributed by atoms with E-state index in [9.17, 15) is 0 Å². The Morgan fingerprint density at radius 1 is 1.14 bits per heavy atom. The molecule has 1 aromatic rings. The normalized spacial score (nSPS) is 24.5. The molecule has 2 rings (SSSR count). The van der Waals surface area contributed by atoms with E-state index in [2.05, 4.69) is 76.1 Å². The molecule has 0 aromatic heterocycles. The van der Waals surface area contributed by atoms with Gasteiger partial charge in [0.05, 0.1) is 0 Å². The van der Waals surface area contributed by atoms with Crippen LogP contribution in [0.4, 0.5) is 0 Å². The first-order chi connectivity index (χ1) is 10.2. The number of benzene rings is 1. The van der Waals surface area contributed by atoms with Crippen molar-refractivity contribution < 1.29 is 4.43 Å². The van der Waals surface area contributed by atoms with Crippen LogP contribution >= 0.6 is 0 Å². The summed E-state index contributed by atoms with van der Waals surface area (Å²) in [6.45, 7) is 14.9. The predicted octanol–water partition coefficient (Wildman–Crippen LogP) is 4.74. The van der Waals surface area contributed by atoms with Crippen molar-refractivity contribution in [1.82, 2.24) is 4.90 Å². The van der Waals surface area contributed by atoms with Crippen LogP contribution in [-0.2, 0) is 4.43 Å². The van der Waals surface area contributed by atoms with E-state index in [1.807, 2.05) is 0 Å². The lowest BCUT2D eigenvalue weighted by Crippen LogP contribution is -2.45. The van der Waals surface area contributed by atoms with Gasteiger partial charge in [0.1, 0.15) is 0 Å². The van der Waals surface area contributed by atoms with Crippen LogP contribution in [0.3, 0.4) is 0 Å². The lowest BCUT2D eigenvalue weighted by Gasteiger charge is -2.40. The number of hydrogen-bond donors (Lipinski definition) is 0. The second kappa shape index (κ2) is 6.86. The van der Waals surface area contributed by atoms with Gasteiger partial charge in [0.2, 0.25) is 0 Å². The SMILES string of the molecule is CN1C[C@H](CO[Si](C)(C)C(C)(C)C)C[C@H](c2ccccc2)C1. The summed E-state index contributed by atoms with van der Waals surface area (Å²) in [5.41, 5.74) is 1.48. The Kier molecular flexibility index (Phi) is 5.52. The molecule has 3 heteroatoms. The van der Waals surface area contributed by atoms with E-state index >= 15 is 0 Å². The molecule has 0 saturated carbocycles. The van der Waals surface area contributed by atoms with Gasteiger partial charge in [-0.05, 0) is 49.0 Å². The van der Waals surface area contributed by atoms with Crippen LogP contribution in [0.15, 0.2) is 30.3 Å². The van der Waals surface area contributed by atoms with Gasteiger partial charge in [-0.2, -0.15) is 0 Å². The first-order valence-corrected chi connectivity index (χ1v) is 11.5. The fourth-order valence-corrected chi connectivity index (χ4v) is 4.16. The van der Waals surface area contributed by atoms with E-state index in [0.29, 0.717) is 16.9 Å². The van der Waals surface area contributed by atoms with Crippen LogP contribution in [0.25, 0.3) is 0 Å². The van der Waals surface area contributed by atoms with Crippen molar-refractivity contribution >= 4 is 8.32 Å². The molecule has 0 unspecified atom stereocenters. The minimum Gasteiger partial charge on any atom is -0.416 e. The highest BCUT2D eigenvalue weighted by atomic mass is 28.4. The maximum absolute atomic E-state index is 6.48.